The van der Waals surface area contributed by atoms with E-state index >= 15 is 0 Å². The summed E-state index contributed by atoms with van der Waals surface area (Å²) in [5.41, 5.74) is 1.43. The first-order chi connectivity index (χ1) is 12.0. The van der Waals surface area contributed by atoms with Gasteiger partial charge in [0, 0.05) is 30.5 Å². The Morgan fingerprint density at radius 1 is 1.36 bits per heavy atom. The summed E-state index contributed by atoms with van der Waals surface area (Å²) in [6.45, 7) is 9.01. The fourth-order valence-corrected chi connectivity index (χ4v) is 4.17. The van der Waals surface area contributed by atoms with Crippen LogP contribution in [0.15, 0.2) is 24.5 Å². The number of fused-ring (bicyclic) bond motifs is 1. The Morgan fingerprint density at radius 2 is 2.20 bits per heavy atom. The Balaban J connectivity index is 1.77. The van der Waals surface area contributed by atoms with Gasteiger partial charge in [0.1, 0.15) is 22.0 Å². The monoisotopic (exact) mass is 358 g/mol. The van der Waals surface area contributed by atoms with E-state index in [2.05, 4.69) is 19.7 Å². The molecule has 1 aromatic heterocycles. The molecule has 3 rings (SSSR count). The zero-order valence-electron chi connectivity index (χ0n) is 14.4. The molecule has 1 aliphatic heterocycles. The predicted molar refractivity (Wildman–Crippen MR) is 99.7 cm³/mol. The summed E-state index contributed by atoms with van der Waals surface area (Å²) in [4.78, 5) is 14.5. The molecule has 25 heavy (non-hydrogen) atoms. The third kappa shape index (κ3) is 4.45. The number of hydrogen-bond donors (Lipinski definition) is 0. The average molecular weight is 358 g/mol. The predicted octanol–water partition coefficient (Wildman–Crippen LogP) is 3.22. The second-order valence-electron chi connectivity index (χ2n) is 6.74. The molecular formula is C18H22N4O2S. The molecule has 1 saturated heterocycles. The van der Waals surface area contributed by atoms with Crippen LogP contribution in [0.4, 0.5) is 11.5 Å². The van der Waals surface area contributed by atoms with E-state index < -0.39 is 9.84 Å². The summed E-state index contributed by atoms with van der Waals surface area (Å²) in [6, 6.07) is 5.49. The van der Waals surface area contributed by atoms with E-state index in [1.165, 1.54) is 6.26 Å². The van der Waals surface area contributed by atoms with Crippen LogP contribution in [-0.4, -0.2) is 43.5 Å². The largest absolute Gasteiger partial charge is 0.356 e. The maximum absolute atomic E-state index is 11.3. The lowest BCUT2D eigenvalue weighted by atomic mass is 9.93. The standard InChI is InChI=1S/C18H22N4O2S/c1-19-15-7-8-17-16(11-15)18(21-13-20-17)22-9-3-5-14(12-22)6-4-10-25(2,23)24/h7-8,11,13-14H,3-6,9-10,12H2,2H3. The average Bonchev–Trinajstić information content (AvgIpc) is 2.60. The van der Waals surface area contributed by atoms with Crippen LogP contribution in [0.3, 0.4) is 0 Å². The quantitative estimate of drug-likeness (QED) is 0.768. The Kier molecular flexibility index (Phi) is 5.19. The molecule has 1 fully saturated rings. The number of anilines is 1. The first-order valence-electron chi connectivity index (χ1n) is 8.51. The van der Waals surface area contributed by atoms with Gasteiger partial charge in [-0.25, -0.2) is 23.2 Å². The van der Waals surface area contributed by atoms with Crippen LogP contribution in [0, 0.1) is 12.5 Å². The molecule has 1 unspecified atom stereocenters. The molecule has 7 heteroatoms. The number of aromatic nitrogens is 2. The van der Waals surface area contributed by atoms with E-state index in [-0.39, 0.29) is 5.75 Å². The van der Waals surface area contributed by atoms with Gasteiger partial charge in [0.2, 0.25) is 0 Å². The Bertz CT molecular complexity index is 905. The maximum Gasteiger partial charge on any atom is 0.188 e. The minimum atomic E-state index is -2.89. The summed E-state index contributed by atoms with van der Waals surface area (Å²) in [5.74, 6) is 1.61. The van der Waals surface area contributed by atoms with E-state index in [0.29, 0.717) is 18.0 Å². The van der Waals surface area contributed by atoms with Gasteiger partial charge in [0.25, 0.3) is 0 Å². The van der Waals surface area contributed by atoms with Crippen LogP contribution in [-0.2, 0) is 9.84 Å². The van der Waals surface area contributed by atoms with Crippen LogP contribution in [0.25, 0.3) is 15.7 Å². The fourth-order valence-electron chi connectivity index (χ4n) is 3.48. The van der Waals surface area contributed by atoms with Crippen molar-refractivity contribution in [2.24, 2.45) is 5.92 Å². The second kappa shape index (κ2) is 7.36. The van der Waals surface area contributed by atoms with Gasteiger partial charge in [-0.05, 0) is 43.7 Å². The molecule has 6 nitrogen and oxygen atoms in total. The van der Waals surface area contributed by atoms with E-state index in [9.17, 15) is 8.42 Å². The molecule has 1 aliphatic rings. The zero-order valence-corrected chi connectivity index (χ0v) is 15.2. The Hall–Kier alpha value is -2.20. The molecule has 0 spiro atoms. The second-order valence-corrected chi connectivity index (χ2v) is 9.00. The van der Waals surface area contributed by atoms with Crippen LogP contribution in [0.2, 0.25) is 0 Å². The first kappa shape index (κ1) is 17.6. The van der Waals surface area contributed by atoms with Gasteiger partial charge in [-0.1, -0.05) is 6.07 Å². The molecule has 0 saturated carbocycles. The SMILES string of the molecule is [C-]#[N+]c1ccc2ncnc(N3CCCC(CCCS(C)(=O)=O)C3)c2c1. The van der Waals surface area contributed by atoms with Crippen molar-refractivity contribution in [1.82, 2.24) is 9.97 Å². The molecule has 2 aromatic rings. The van der Waals surface area contributed by atoms with Crippen LogP contribution in [0.1, 0.15) is 25.7 Å². The number of piperidine rings is 1. The van der Waals surface area contributed by atoms with E-state index in [4.69, 9.17) is 6.57 Å². The summed E-state index contributed by atoms with van der Waals surface area (Å²) in [5, 5.41) is 0.910. The van der Waals surface area contributed by atoms with Crippen LogP contribution >= 0.6 is 0 Å². The molecule has 2 heterocycles. The van der Waals surface area contributed by atoms with E-state index in [1.54, 1.807) is 12.4 Å². The summed E-state index contributed by atoms with van der Waals surface area (Å²) >= 11 is 0. The van der Waals surface area contributed by atoms with Crippen molar-refractivity contribution in [2.45, 2.75) is 25.7 Å². The van der Waals surface area contributed by atoms with Crippen LogP contribution in [0.5, 0.6) is 0 Å². The van der Waals surface area contributed by atoms with Crippen molar-refractivity contribution >= 4 is 32.2 Å². The fraction of sp³-hybridized carbons (Fsp3) is 0.500. The minimum absolute atomic E-state index is 0.258. The third-order valence-electron chi connectivity index (χ3n) is 4.67. The highest BCUT2D eigenvalue weighted by Gasteiger charge is 2.22. The number of benzene rings is 1. The normalized spacial score (nSPS) is 18.2. The zero-order chi connectivity index (χ0) is 17.9. The Labute approximate surface area is 148 Å². The molecule has 0 N–H and O–H groups in total. The lowest BCUT2D eigenvalue weighted by molar-refractivity contribution is 0.387. The smallest absolute Gasteiger partial charge is 0.188 e. The highest BCUT2D eigenvalue weighted by molar-refractivity contribution is 7.90. The van der Waals surface area contributed by atoms with Crippen molar-refractivity contribution in [3.05, 3.63) is 35.9 Å². The summed E-state index contributed by atoms with van der Waals surface area (Å²) in [6.07, 6.45) is 6.68. The maximum atomic E-state index is 11.3. The van der Waals surface area contributed by atoms with Crippen molar-refractivity contribution in [3.63, 3.8) is 0 Å². The first-order valence-corrected chi connectivity index (χ1v) is 10.6. The summed E-state index contributed by atoms with van der Waals surface area (Å²) in [7, 11) is -2.89. The van der Waals surface area contributed by atoms with Gasteiger partial charge in [-0.2, -0.15) is 0 Å². The minimum Gasteiger partial charge on any atom is -0.356 e. The molecule has 132 valence electrons. The van der Waals surface area contributed by atoms with Crippen molar-refractivity contribution < 1.29 is 8.42 Å². The number of rotatable bonds is 5. The molecule has 0 aliphatic carbocycles. The van der Waals surface area contributed by atoms with Gasteiger partial charge in [-0.3, -0.25) is 0 Å². The van der Waals surface area contributed by atoms with Gasteiger partial charge in [0.05, 0.1) is 12.1 Å². The summed E-state index contributed by atoms with van der Waals surface area (Å²) < 4.78 is 22.6. The van der Waals surface area contributed by atoms with Gasteiger partial charge in [-0.15, -0.1) is 0 Å². The van der Waals surface area contributed by atoms with E-state index in [1.807, 2.05) is 12.1 Å². The topological polar surface area (TPSA) is 67.5 Å². The third-order valence-corrected chi connectivity index (χ3v) is 5.70. The van der Waals surface area contributed by atoms with Gasteiger partial charge < -0.3 is 4.90 Å². The highest BCUT2D eigenvalue weighted by atomic mass is 32.2. The van der Waals surface area contributed by atoms with Crippen LogP contribution < -0.4 is 4.90 Å². The molecule has 0 radical (unpaired) electrons. The van der Waals surface area contributed by atoms with Crippen molar-refractivity contribution in [2.75, 3.05) is 30.0 Å². The number of sulfone groups is 1. The number of nitrogens with zero attached hydrogens (tertiary/aromatic N) is 4. The van der Waals surface area contributed by atoms with Crippen molar-refractivity contribution in [3.8, 4) is 0 Å². The molecule has 0 bridgehead atoms. The molecular weight excluding hydrogens is 336 g/mol. The molecule has 1 aromatic carbocycles. The number of hydrogen-bond acceptors (Lipinski definition) is 5. The molecule has 0 amide bonds. The Morgan fingerprint density at radius 3 is 2.96 bits per heavy atom. The van der Waals surface area contributed by atoms with Gasteiger partial charge >= 0.3 is 0 Å². The van der Waals surface area contributed by atoms with E-state index in [0.717, 1.165) is 49.1 Å². The van der Waals surface area contributed by atoms with Crippen molar-refractivity contribution in [1.29, 1.82) is 0 Å². The highest BCUT2D eigenvalue weighted by Crippen LogP contribution is 2.31. The molecule has 1 atom stereocenters. The lowest BCUT2D eigenvalue weighted by Crippen LogP contribution is -2.36. The van der Waals surface area contributed by atoms with Gasteiger partial charge in [0.15, 0.2) is 5.69 Å². The lowest BCUT2D eigenvalue weighted by Gasteiger charge is -2.34.